The van der Waals surface area contributed by atoms with Crippen LogP contribution in [0.15, 0.2) is 59.3 Å². The number of benzene rings is 2. The number of anilines is 1. The van der Waals surface area contributed by atoms with Crippen molar-refractivity contribution in [3.63, 3.8) is 0 Å². The van der Waals surface area contributed by atoms with Crippen molar-refractivity contribution in [3.05, 3.63) is 60.5 Å². The van der Waals surface area contributed by atoms with Crippen LogP contribution in [0.1, 0.15) is 5.56 Å². The average molecular weight is 267 g/mol. The predicted octanol–water partition coefficient (Wildman–Crippen LogP) is 3.05. The minimum Gasteiger partial charge on any atom is -0.508 e. The zero-order valence-corrected chi connectivity index (χ0v) is 10.7. The van der Waals surface area contributed by atoms with Crippen LogP contribution in [0.2, 0.25) is 0 Å². The largest absolute Gasteiger partial charge is 0.508 e. The van der Waals surface area contributed by atoms with Gasteiger partial charge in [-0.15, -0.1) is 10.2 Å². The van der Waals surface area contributed by atoms with E-state index in [4.69, 9.17) is 4.42 Å². The third-order valence-electron chi connectivity index (χ3n) is 2.88. The number of phenolic OH excluding ortho intramolecular Hbond substituents is 1. The fourth-order valence-electron chi connectivity index (χ4n) is 1.93. The maximum absolute atomic E-state index is 9.42. The number of rotatable bonds is 4. The maximum atomic E-state index is 9.42. The molecule has 0 saturated carbocycles. The molecule has 1 aromatic heterocycles. The minimum absolute atomic E-state index is 0.268. The molecule has 0 unspecified atom stereocenters. The Bertz CT molecular complexity index is 696. The second kappa shape index (κ2) is 5.44. The number of nitrogens with zero attached hydrogens (tertiary/aromatic N) is 2. The van der Waals surface area contributed by atoms with Crippen LogP contribution in [0.25, 0.3) is 11.5 Å². The summed E-state index contributed by atoms with van der Waals surface area (Å²) < 4.78 is 5.17. The number of hydrogen-bond donors (Lipinski definition) is 2. The van der Waals surface area contributed by atoms with Gasteiger partial charge in [-0.3, -0.25) is 0 Å². The number of aromatic nitrogens is 2. The van der Waals surface area contributed by atoms with E-state index in [9.17, 15) is 5.11 Å². The highest BCUT2D eigenvalue weighted by Crippen LogP contribution is 2.21. The van der Waals surface area contributed by atoms with Crippen molar-refractivity contribution in [3.8, 4) is 17.2 Å². The summed E-state index contributed by atoms with van der Waals surface area (Å²) >= 11 is 0. The molecule has 2 aromatic carbocycles. The molecule has 100 valence electrons. The van der Waals surface area contributed by atoms with Crippen LogP contribution in [-0.4, -0.2) is 15.3 Å². The predicted molar refractivity (Wildman–Crippen MR) is 75.2 cm³/mol. The van der Waals surface area contributed by atoms with Gasteiger partial charge in [-0.05, 0) is 35.9 Å². The van der Waals surface area contributed by atoms with Crippen molar-refractivity contribution in [2.45, 2.75) is 6.54 Å². The van der Waals surface area contributed by atoms with Crippen LogP contribution in [0.5, 0.6) is 5.75 Å². The van der Waals surface area contributed by atoms with Gasteiger partial charge in [-0.25, -0.2) is 0 Å². The van der Waals surface area contributed by atoms with E-state index in [2.05, 4.69) is 15.5 Å². The molecular formula is C15H13N3O2. The monoisotopic (exact) mass is 267 g/mol. The Morgan fingerprint density at radius 3 is 2.80 bits per heavy atom. The van der Waals surface area contributed by atoms with Crippen molar-refractivity contribution < 1.29 is 9.52 Å². The summed E-state index contributed by atoms with van der Waals surface area (Å²) in [6, 6.07) is 14.9. The molecule has 0 amide bonds. The van der Waals surface area contributed by atoms with E-state index < -0.39 is 0 Å². The fraction of sp³-hybridized carbons (Fsp3) is 0.0667. The summed E-state index contributed by atoms with van der Waals surface area (Å²) in [6.07, 6.45) is 1.31. The van der Waals surface area contributed by atoms with Crippen LogP contribution in [0.4, 0.5) is 5.69 Å². The molecule has 2 N–H and O–H groups in total. The van der Waals surface area contributed by atoms with Crippen LogP contribution >= 0.6 is 0 Å². The summed E-state index contributed by atoms with van der Waals surface area (Å²) in [6.45, 7) is 0.627. The Kier molecular flexibility index (Phi) is 3.33. The standard InChI is InChI=1S/C15H13N3O2/c19-14-6-1-3-11(7-14)9-16-13-5-2-4-12(8-13)15-18-17-10-20-15/h1-8,10,16,19H,9H2. The van der Waals surface area contributed by atoms with Gasteiger partial charge in [0.1, 0.15) is 5.75 Å². The number of aromatic hydroxyl groups is 1. The summed E-state index contributed by atoms with van der Waals surface area (Å²) in [4.78, 5) is 0. The molecular weight excluding hydrogens is 254 g/mol. The molecule has 0 aliphatic carbocycles. The lowest BCUT2D eigenvalue weighted by atomic mass is 10.2. The molecule has 0 atom stereocenters. The highest BCUT2D eigenvalue weighted by molar-refractivity contribution is 5.60. The Labute approximate surface area is 115 Å². The summed E-state index contributed by atoms with van der Waals surface area (Å²) in [5.74, 6) is 0.759. The quantitative estimate of drug-likeness (QED) is 0.760. The zero-order chi connectivity index (χ0) is 13.8. The molecule has 3 rings (SSSR count). The third-order valence-corrected chi connectivity index (χ3v) is 2.88. The fourth-order valence-corrected chi connectivity index (χ4v) is 1.93. The second-order valence-electron chi connectivity index (χ2n) is 4.35. The Balaban J connectivity index is 1.73. The molecule has 5 heteroatoms. The molecule has 0 spiro atoms. The summed E-state index contributed by atoms with van der Waals surface area (Å²) in [5, 5.41) is 20.3. The normalized spacial score (nSPS) is 10.4. The average Bonchev–Trinajstić information content (AvgIpc) is 3.00. The van der Waals surface area contributed by atoms with Gasteiger partial charge in [0, 0.05) is 17.8 Å². The van der Waals surface area contributed by atoms with Crippen LogP contribution < -0.4 is 5.32 Å². The van der Waals surface area contributed by atoms with Gasteiger partial charge < -0.3 is 14.8 Å². The second-order valence-corrected chi connectivity index (χ2v) is 4.35. The number of phenols is 1. The molecule has 20 heavy (non-hydrogen) atoms. The van der Waals surface area contributed by atoms with Gasteiger partial charge in [0.15, 0.2) is 0 Å². The number of nitrogens with one attached hydrogen (secondary N) is 1. The molecule has 0 fully saturated rings. The van der Waals surface area contributed by atoms with E-state index in [1.165, 1.54) is 6.39 Å². The lowest BCUT2D eigenvalue weighted by Crippen LogP contribution is -1.99. The molecule has 0 aliphatic heterocycles. The van der Waals surface area contributed by atoms with E-state index in [1.54, 1.807) is 12.1 Å². The van der Waals surface area contributed by atoms with Crippen molar-refractivity contribution in [1.29, 1.82) is 0 Å². The smallest absolute Gasteiger partial charge is 0.247 e. The first kappa shape index (κ1) is 12.2. The maximum Gasteiger partial charge on any atom is 0.247 e. The van der Waals surface area contributed by atoms with Gasteiger partial charge in [-0.1, -0.05) is 18.2 Å². The highest BCUT2D eigenvalue weighted by Gasteiger charge is 2.04. The SMILES string of the molecule is Oc1cccc(CNc2cccc(-c3nnco3)c2)c1. The van der Waals surface area contributed by atoms with Gasteiger partial charge in [-0.2, -0.15) is 0 Å². The van der Waals surface area contributed by atoms with E-state index in [-0.39, 0.29) is 5.75 Å². The first-order chi connectivity index (χ1) is 9.81. The highest BCUT2D eigenvalue weighted by atomic mass is 16.4. The van der Waals surface area contributed by atoms with E-state index in [0.29, 0.717) is 12.4 Å². The van der Waals surface area contributed by atoms with E-state index in [1.807, 2.05) is 36.4 Å². The Hall–Kier alpha value is -2.82. The van der Waals surface area contributed by atoms with Crippen molar-refractivity contribution in [2.24, 2.45) is 0 Å². The molecule has 0 saturated heterocycles. The zero-order valence-electron chi connectivity index (χ0n) is 10.7. The summed E-state index contributed by atoms with van der Waals surface area (Å²) in [5.41, 5.74) is 2.82. The molecule has 0 bridgehead atoms. The third kappa shape index (κ3) is 2.77. The first-order valence-electron chi connectivity index (χ1n) is 6.20. The summed E-state index contributed by atoms with van der Waals surface area (Å²) in [7, 11) is 0. The van der Waals surface area contributed by atoms with Gasteiger partial charge in [0.2, 0.25) is 12.3 Å². The van der Waals surface area contributed by atoms with E-state index >= 15 is 0 Å². The van der Waals surface area contributed by atoms with Crippen LogP contribution in [0.3, 0.4) is 0 Å². The van der Waals surface area contributed by atoms with Gasteiger partial charge in [0.05, 0.1) is 0 Å². The van der Waals surface area contributed by atoms with Crippen molar-refractivity contribution >= 4 is 5.69 Å². The molecule has 1 heterocycles. The number of hydrogen-bond acceptors (Lipinski definition) is 5. The Morgan fingerprint density at radius 2 is 2.00 bits per heavy atom. The van der Waals surface area contributed by atoms with Crippen LogP contribution in [0, 0.1) is 0 Å². The molecule has 0 radical (unpaired) electrons. The first-order valence-corrected chi connectivity index (χ1v) is 6.20. The molecule has 0 aliphatic rings. The minimum atomic E-state index is 0.268. The van der Waals surface area contributed by atoms with Crippen molar-refractivity contribution in [2.75, 3.05) is 5.32 Å². The molecule has 5 nitrogen and oxygen atoms in total. The Morgan fingerprint density at radius 1 is 1.10 bits per heavy atom. The lowest BCUT2D eigenvalue weighted by Gasteiger charge is -2.07. The van der Waals surface area contributed by atoms with Crippen molar-refractivity contribution in [1.82, 2.24) is 10.2 Å². The van der Waals surface area contributed by atoms with Crippen LogP contribution in [-0.2, 0) is 6.54 Å². The van der Waals surface area contributed by atoms with Gasteiger partial charge >= 0.3 is 0 Å². The molecule has 3 aromatic rings. The lowest BCUT2D eigenvalue weighted by molar-refractivity contribution is 0.474. The van der Waals surface area contributed by atoms with Gasteiger partial charge in [0.25, 0.3) is 0 Å². The van der Waals surface area contributed by atoms with E-state index in [0.717, 1.165) is 16.8 Å². The topological polar surface area (TPSA) is 71.2 Å².